The minimum atomic E-state index is -0.364. The molecule has 1 aromatic heterocycles. The van der Waals surface area contributed by atoms with E-state index in [9.17, 15) is 9.59 Å². The van der Waals surface area contributed by atoms with E-state index in [-0.39, 0.29) is 18.2 Å². The second-order valence-corrected chi connectivity index (χ2v) is 6.29. The minimum absolute atomic E-state index is 0.155. The smallest absolute Gasteiger partial charge is 0.269 e. The van der Waals surface area contributed by atoms with Crippen molar-refractivity contribution in [2.24, 2.45) is 0 Å². The number of rotatable bonds is 5. The van der Waals surface area contributed by atoms with Crippen molar-refractivity contribution < 1.29 is 14.0 Å². The van der Waals surface area contributed by atoms with Crippen LogP contribution in [0, 0.1) is 13.8 Å². The second-order valence-electron chi connectivity index (χ2n) is 6.29. The Bertz CT molecular complexity index is 948. The van der Waals surface area contributed by atoms with E-state index in [4.69, 9.17) is 4.42 Å². The molecular formula is C21H21N3O3. The number of hydrogen-bond acceptors (Lipinski definition) is 4. The van der Waals surface area contributed by atoms with Gasteiger partial charge in [-0.15, -0.1) is 0 Å². The summed E-state index contributed by atoms with van der Waals surface area (Å²) in [7, 11) is 0. The van der Waals surface area contributed by atoms with Gasteiger partial charge in [0, 0.05) is 24.0 Å². The molecule has 27 heavy (non-hydrogen) atoms. The van der Waals surface area contributed by atoms with Gasteiger partial charge in [0.25, 0.3) is 5.91 Å². The summed E-state index contributed by atoms with van der Waals surface area (Å²) in [6.45, 7) is 4.10. The van der Waals surface area contributed by atoms with E-state index in [1.54, 1.807) is 30.5 Å². The number of carbonyl (C=O) groups excluding carboxylic acids is 2. The molecule has 0 fully saturated rings. The van der Waals surface area contributed by atoms with Crippen molar-refractivity contribution in [3.63, 3.8) is 0 Å². The number of nitrogens with one attached hydrogen (secondary N) is 2. The number of aromatic nitrogens is 1. The Balaban J connectivity index is 1.50. The van der Waals surface area contributed by atoms with Crippen LogP contribution in [0.1, 0.15) is 33.8 Å². The molecule has 0 radical (unpaired) electrons. The summed E-state index contributed by atoms with van der Waals surface area (Å²) >= 11 is 0. The van der Waals surface area contributed by atoms with E-state index in [1.807, 2.05) is 31.2 Å². The van der Waals surface area contributed by atoms with Gasteiger partial charge in [0.05, 0.1) is 6.20 Å². The molecule has 3 rings (SSSR count). The molecule has 0 saturated heterocycles. The fraction of sp³-hybridized carbons (Fsp3) is 0.190. The van der Waals surface area contributed by atoms with E-state index in [0.717, 1.165) is 5.56 Å². The Hall–Kier alpha value is -3.41. The van der Waals surface area contributed by atoms with E-state index < -0.39 is 0 Å². The van der Waals surface area contributed by atoms with E-state index in [0.29, 0.717) is 23.6 Å². The molecular weight excluding hydrogens is 342 g/mol. The molecule has 0 saturated carbocycles. The molecule has 3 aromatic rings. The van der Waals surface area contributed by atoms with Crippen LogP contribution in [0.5, 0.6) is 0 Å². The van der Waals surface area contributed by atoms with E-state index >= 15 is 0 Å². The third-order valence-corrected chi connectivity index (χ3v) is 4.26. The van der Waals surface area contributed by atoms with Crippen molar-refractivity contribution in [1.29, 1.82) is 0 Å². The van der Waals surface area contributed by atoms with Crippen LogP contribution in [0.3, 0.4) is 0 Å². The zero-order chi connectivity index (χ0) is 19.2. The van der Waals surface area contributed by atoms with Gasteiger partial charge in [-0.2, -0.15) is 0 Å². The highest BCUT2D eigenvalue weighted by atomic mass is 16.4. The van der Waals surface area contributed by atoms with Gasteiger partial charge in [-0.3, -0.25) is 20.4 Å². The summed E-state index contributed by atoms with van der Waals surface area (Å²) in [6, 6.07) is 14.7. The highest BCUT2D eigenvalue weighted by molar-refractivity contribution is 5.95. The maximum atomic E-state index is 11.9. The Labute approximate surface area is 157 Å². The van der Waals surface area contributed by atoms with E-state index in [2.05, 4.69) is 22.8 Å². The van der Waals surface area contributed by atoms with Crippen molar-refractivity contribution in [3.05, 3.63) is 77.3 Å². The molecule has 2 N–H and O–H groups in total. The van der Waals surface area contributed by atoms with Crippen LogP contribution in [0.4, 0.5) is 0 Å². The molecule has 0 atom stereocenters. The van der Waals surface area contributed by atoms with Crippen LogP contribution >= 0.6 is 0 Å². The number of amides is 2. The standard InChI is InChI=1S/C21H21N3O3/c1-14-8-9-17(12-15(14)2)18-13-22-20(27-18)11-10-19(25)23-24-21(26)16-6-4-3-5-7-16/h3-9,12-13H,10-11H2,1-2H3,(H,23,25)(H,24,26). The quantitative estimate of drug-likeness (QED) is 0.681. The van der Waals surface area contributed by atoms with Gasteiger partial charge < -0.3 is 4.42 Å². The first kappa shape index (κ1) is 18.4. The predicted octanol–water partition coefficient (Wildman–Crippen LogP) is 3.35. The summed E-state index contributed by atoms with van der Waals surface area (Å²) in [5.74, 6) is 0.473. The van der Waals surface area contributed by atoms with Gasteiger partial charge in [-0.25, -0.2) is 4.98 Å². The van der Waals surface area contributed by atoms with Crippen molar-refractivity contribution >= 4 is 11.8 Å². The van der Waals surface area contributed by atoms with Crippen molar-refractivity contribution in [3.8, 4) is 11.3 Å². The molecule has 0 unspecified atom stereocenters. The molecule has 2 aromatic carbocycles. The molecule has 0 aliphatic heterocycles. The zero-order valence-electron chi connectivity index (χ0n) is 15.3. The third kappa shape index (κ3) is 4.82. The third-order valence-electron chi connectivity index (χ3n) is 4.26. The van der Waals surface area contributed by atoms with Crippen LogP contribution in [0.2, 0.25) is 0 Å². The average molecular weight is 363 g/mol. The zero-order valence-corrected chi connectivity index (χ0v) is 15.3. The average Bonchev–Trinajstić information content (AvgIpc) is 3.16. The fourth-order valence-corrected chi connectivity index (χ4v) is 2.53. The topological polar surface area (TPSA) is 84.2 Å². The van der Waals surface area contributed by atoms with Gasteiger partial charge >= 0.3 is 0 Å². The van der Waals surface area contributed by atoms with Crippen LogP contribution < -0.4 is 10.9 Å². The number of hydrogen-bond donors (Lipinski definition) is 2. The van der Waals surface area contributed by atoms with Crippen LogP contribution in [-0.4, -0.2) is 16.8 Å². The van der Waals surface area contributed by atoms with Gasteiger partial charge in [0.1, 0.15) is 0 Å². The summed E-state index contributed by atoms with van der Waals surface area (Å²) in [6.07, 6.45) is 2.16. The summed E-state index contributed by atoms with van der Waals surface area (Å²) in [5.41, 5.74) is 8.61. The van der Waals surface area contributed by atoms with Crippen molar-refractivity contribution in [2.45, 2.75) is 26.7 Å². The van der Waals surface area contributed by atoms with Crippen molar-refractivity contribution in [1.82, 2.24) is 15.8 Å². The molecule has 0 aliphatic rings. The Kier molecular flexibility index (Phi) is 5.66. The highest BCUT2D eigenvalue weighted by Crippen LogP contribution is 2.23. The molecule has 2 amide bonds. The molecule has 0 bridgehead atoms. The first-order chi connectivity index (χ1) is 13.0. The van der Waals surface area contributed by atoms with Gasteiger partial charge in [-0.05, 0) is 43.2 Å². The molecule has 1 heterocycles. The highest BCUT2D eigenvalue weighted by Gasteiger charge is 2.11. The summed E-state index contributed by atoms with van der Waals surface area (Å²) in [5, 5.41) is 0. The van der Waals surface area contributed by atoms with Gasteiger partial charge in [0.15, 0.2) is 11.7 Å². The predicted molar refractivity (Wildman–Crippen MR) is 102 cm³/mol. The number of benzene rings is 2. The molecule has 6 nitrogen and oxygen atoms in total. The Morgan fingerprint density at radius 1 is 1.00 bits per heavy atom. The molecule has 0 aliphatic carbocycles. The lowest BCUT2D eigenvalue weighted by Crippen LogP contribution is -2.41. The fourth-order valence-electron chi connectivity index (χ4n) is 2.53. The Morgan fingerprint density at radius 2 is 1.78 bits per heavy atom. The number of aryl methyl sites for hydroxylation is 3. The number of hydrazine groups is 1. The van der Waals surface area contributed by atoms with Crippen LogP contribution in [0.15, 0.2) is 59.1 Å². The SMILES string of the molecule is Cc1ccc(-c2cnc(CCC(=O)NNC(=O)c3ccccc3)o2)cc1C. The number of carbonyl (C=O) groups is 2. The Morgan fingerprint density at radius 3 is 2.52 bits per heavy atom. The maximum Gasteiger partial charge on any atom is 0.269 e. The minimum Gasteiger partial charge on any atom is -0.441 e. The normalized spacial score (nSPS) is 10.4. The van der Waals surface area contributed by atoms with Crippen molar-refractivity contribution in [2.75, 3.05) is 0 Å². The first-order valence-electron chi connectivity index (χ1n) is 8.69. The second kappa shape index (κ2) is 8.31. The van der Waals surface area contributed by atoms with Gasteiger partial charge in [-0.1, -0.05) is 30.3 Å². The lowest BCUT2D eigenvalue weighted by Gasteiger charge is -2.06. The molecule has 138 valence electrons. The monoisotopic (exact) mass is 363 g/mol. The van der Waals surface area contributed by atoms with Crippen LogP contribution in [0.25, 0.3) is 11.3 Å². The largest absolute Gasteiger partial charge is 0.441 e. The van der Waals surface area contributed by atoms with E-state index in [1.165, 1.54) is 11.1 Å². The molecule has 6 heteroatoms. The first-order valence-corrected chi connectivity index (χ1v) is 8.69. The number of nitrogens with zero attached hydrogens (tertiary/aromatic N) is 1. The number of oxazole rings is 1. The summed E-state index contributed by atoms with van der Waals surface area (Å²) < 4.78 is 5.73. The van der Waals surface area contributed by atoms with Crippen LogP contribution in [-0.2, 0) is 11.2 Å². The summed E-state index contributed by atoms with van der Waals surface area (Å²) in [4.78, 5) is 28.0. The lowest BCUT2D eigenvalue weighted by atomic mass is 10.1. The van der Waals surface area contributed by atoms with Gasteiger partial charge in [0.2, 0.25) is 5.91 Å². The lowest BCUT2D eigenvalue weighted by molar-refractivity contribution is -0.121. The maximum absolute atomic E-state index is 11.9. The molecule has 0 spiro atoms.